The highest BCUT2D eigenvalue weighted by atomic mass is 16.4. The Morgan fingerprint density at radius 2 is 1.90 bits per heavy atom. The molecule has 1 amide bonds. The number of amides is 1. The first-order valence-corrected chi connectivity index (χ1v) is 6.82. The third kappa shape index (κ3) is 4.66. The molecule has 2 N–H and O–H groups in total. The highest BCUT2D eigenvalue weighted by molar-refractivity contribution is 5.79. The van der Waals surface area contributed by atoms with E-state index in [1.54, 1.807) is 4.90 Å². The van der Waals surface area contributed by atoms with Crippen LogP contribution in [0.2, 0.25) is 0 Å². The predicted octanol–water partition coefficient (Wildman–Crippen LogP) is 1.16. The molecule has 5 nitrogen and oxygen atoms in total. The lowest BCUT2D eigenvalue weighted by Crippen LogP contribution is -2.40. The van der Waals surface area contributed by atoms with Gasteiger partial charge >= 0.3 is 5.97 Å². The molecule has 1 aromatic rings. The van der Waals surface area contributed by atoms with Crippen LogP contribution >= 0.6 is 0 Å². The zero-order valence-corrected chi connectivity index (χ0v) is 11.6. The largest absolute Gasteiger partial charge is 0.480 e. The van der Waals surface area contributed by atoms with Crippen molar-refractivity contribution in [3.63, 3.8) is 0 Å². The predicted molar refractivity (Wildman–Crippen MR) is 75.3 cm³/mol. The van der Waals surface area contributed by atoms with E-state index in [9.17, 15) is 9.59 Å². The fourth-order valence-electron chi connectivity index (χ4n) is 2.07. The lowest BCUT2D eigenvalue weighted by atomic mass is 10.1. The molecule has 2 rings (SSSR count). The van der Waals surface area contributed by atoms with Crippen molar-refractivity contribution in [2.45, 2.75) is 32.4 Å². The second-order valence-corrected chi connectivity index (χ2v) is 5.29. The van der Waals surface area contributed by atoms with Crippen molar-refractivity contribution in [2.75, 3.05) is 13.1 Å². The third-order valence-corrected chi connectivity index (χ3v) is 3.36. The van der Waals surface area contributed by atoms with Crippen LogP contribution in [0.15, 0.2) is 24.3 Å². The fourth-order valence-corrected chi connectivity index (χ4v) is 2.07. The number of aryl methyl sites for hydroxylation is 1. The van der Waals surface area contributed by atoms with Gasteiger partial charge in [0.2, 0.25) is 5.91 Å². The standard InChI is InChI=1S/C15H20N2O3/c1-11-2-4-12(5-3-11)8-16-14(18)9-17(10-15(19)20)13-6-7-13/h2-5,13H,6-10H2,1H3,(H,16,18)(H,19,20). The molecule has 1 aliphatic carbocycles. The quantitative estimate of drug-likeness (QED) is 0.784. The zero-order chi connectivity index (χ0) is 14.5. The number of nitrogens with one attached hydrogen (secondary N) is 1. The van der Waals surface area contributed by atoms with E-state index >= 15 is 0 Å². The van der Waals surface area contributed by atoms with Crippen LogP contribution in [0.1, 0.15) is 24.0 Å². The van der Waals surface area contributed by atoms with E-state index in [1.165, 1.54) is 5.56 Å². The van der Waals surface area contributed by atoms with Gasteiger partial charge in [0.25, 0.3) is 0 Å². The molecule has 1 aliphatic rings. The molecule has 108 valence electrons. The molecule has 20 heavy (non-hydrogen) atoms. The molecule has 0 unspecified atom stereocenters. The molecule has 1 saturated carbocycles. The first kappa shape index (κ1) is 14.5. The molecule has 0 bridgehead atoms. The lowest BCUT2D eigenvalue weighted by Gasteiger charge is -2.18. The Morgan fingerprint density at radius 3 is 2.45 bits per heavy atom. The average molecular weight is 276 g/mol. The number of nitrogens with zero attached hydrogens (tertiary/aromatic N) is 1. The Bertz CT molecular complexity index is 480. The van der Waals surface area contributed by atoms with E-state index in [2.05, 4.69) is 5.32 Å². The molecule has 0 radical (unpaired) electrons. The number of carbonyl (C=O) groups excluding carboxylic acids is 1. The van der Waals surface area contributed by atoms with E-state index < -0.39 is 5.97 Å². The minimum Gasteiger partial charge on any atom is -0.480 e. The maximum Gasteiger partial charge on any atom is 0.317 e. The van der Waals surface area contributed by atoms with Crippen molar-refractivity contribution < 1.29 is 14.7 Å². The Morgan fingerprint density at radius 1 is 1.25 bits per heavy atom. The van der Waals surface area contributed by atoms with E-state index in [1.807, 2.05) is 31.2 Å². The van der Waals surface area contributed by atoms with Gasteiger partial charge in [0, 0.05) is 12.6 Å². The Balaban J connectivity index is 1.79. The maximum absolute atomic E-state index is 11.9. The third-order valence-electron chi connectivity index (χ3n) is 3.36. The molecular weight excluding hydrogens is 256 g/mol. The number of hydrogen-bond acceptors (Lipinski definition) is 3. The molecule has 1 aromatic carbocycles. The first-order valence-electron chi connectivity index (χ1n) is 6.82. The van der Waals surface area contributed by atoms with Gasteiger partial charge in [0.05, 0.1) is 13.1 Å². The van der Waals surface area contributed by atoms with Crippen molar-refractivity contribution in [1.29, 1.82) is 0 Å². The van der Waals surface area contributed by atoms with Crippen LogP contribution in [0.4, 0.5) is 0 Å². The SMILES string of the molecule is Cc1ccc(CNC(=O)CN(CC(=O)O)C2CC2)cc1. The van der Waals surface area contributed by atoms with Gasteiger partial charge in [-0.15, -0.1) is 0 Å². The van der Waals surface area contributed by atoms with Gasteiger partial charge in [-0.25, -0.2) is 0 Å². The van der Waals surface area contributed by atoms with Gasteiger partial charge in [0.15, 0.2) is 0 Å². The smallest absolute Gasteiger partial charge is 0.317 e. The van der Waals surface area contributed by atoms with Gasteiger partial charge in [0.1, 0.15) is 0 Å². The summed E-state index contributed by atoms with van der Waals surface area (Å²) >= 11 is 0. The molecule has 0 aromatic heterocycles. The lowest BCUT2D eigenvalue weighted by molar-refractivity contribution is -0.138. The molecule has 5 heteroatoms. The van der Waals surface area contributed by atoms with Crippen LogP contribution in [0.5, 0.6) is 0 Å². The van der Waals surface area contributed by atoms with Gasteiger partial charge in [-0.2, -0.15) is 0 Å². The van der Waals surface area contributed by atoms with Crippen LogP contribution in [0, 0.1) is 6.92 Å². The van der Waals surface area contributed by atoms with Gasteiger partial charge in [-0.3, -0.25) is 14.5 Å². The highest BCUT2D eigenvalue weighted by Gasteiger charge is 2.31. The van der Waals surface area contributed by atoms with Crippen LogP contribution in [0.25, 0.3) is 0 Å². The summed E-state index contributed by atoms with van der Waals surface area (Å²) in [6, 6.07) is 8.22. The molecule has 0 saturated heterocycles. The number of carboxylic acids is 1. The summed E-state index contributed by atoms with van der Waals surface area (Å²) in [5.41, 5.74) is 2.22. The fraction of sp³-hybridized carbons (Fsp3) is 0.467. The summed E-state index contributed by atoms with van der Waals surface area (Å²) in [5, 5.41) is 11.7. The molecule has 0 aliphatic heterocycles. The molecular formula is C15H20N2O3. The van der Waals surface area contributed by atoms with Crippen molar-refractivity contribution >= 4 is 11.9 Å². The molecule has 0 atom stereocenters. The molecule has 0 spiro atoms. The second-order valence-electron chi connectivity index (χ2n) is 5.29. The summed E-state index contributed by atoms with van der Waals surface area (Å²) in [6.45, 7) is 2.58. The van der Waals surface area contributed by atoms with Gasteiger partial charge in [-0.1, -0.05) is 29.8 Å². The highest BCUT2D eigenvalue weighted by Crippen LogP contribution is 2.26. The van der Waals surface area contributed by atoms with Crippen LogP contribution in [-0.4, -0.2) is 41.0 Å². The minimum atomic E-state index is -0.886. The number of carboxylic acid groups (broad SMARTS) is 1. The summed E-state index contributed by atoms with van der Waals surface area (Å²) < 4.78 is 0. The number of rotatable bonds is 7. The van der Waals surface area contributed by atoms with Crippen molar-refractivity contribution in [3.8, 4) is 0 Å². The number of aliphatic carboxylic acids is 1. The number of carbonyl (C=O) groups is 2. The number of hydrogen-bond donors (Lipinski definition) is 2. The van der Waals surface area contributed by atoms with Gasteiger partial charge in [-0.05, 0) is 25.3 Å². The van der Waals surface area contributed by atoms with Crippen LogP contribution < -0.4 is 5.32 Å². The zero-order valence-electron chi connectivity index (χ0n) is 11.6. The summed E-state index contributed by atoms with van der Waals surface area (Å²) in [7, 11) is 0. The minimum absolute atomic E-state index is 0.0668. The summed E-state index contributed by atoms with van der Waals surface area (Å²) in [6.07, 6.45) is 1.97. The Hall–Kier alpha value is -1.88. The Kier molecular flexibility index (Phi) is 4.74. The van der Waals surface area contributed by atoms with Crippen molar-refractivity contribution in [1.82, 2.24) is 10.2 Å². The van der Waals surface area contributed by atoms with Crippen LogP contribution in [0.3, 0.4) is 0 Å². The maximum atomic E-state index is 11.9. The van der Waals surface area contributed by atoms with Crippen molar-refractivity contribution in [3.05, 3.63) is 35.4 Å². The second kappa shape index (κ2) is 6.52. The van der Waals surface area contributed by atoms with E-state index in [-0.39, 0.29) is 25.0 Å². The van der Waals surface area contributed by atoms with E-state index in [0.717, 1.165) is 18.4 Å². The number of benzene rings is 1. The topological polar surface area (TPSA) is 69.6 Å². The summed E-state index contributed by atoms with van der Waals surface area (Å²) in [4.78, 5) is 24.4. The molecule has 0 heterocycles. The first-order chi connectivity index (χ1) is 9.54. The monoisotopic (exact) mass is 276 g/mol. The van der Waals surface area contributed by atoms with E-state index in [0.29, 0.717) is 6.54 Å². The van der Waals surface area contributed by atoms with Crippen molar-refractivity contribution in [2.24, 2.45) is 0 Å². The van der Waals surface area contributed by atoms with Gasteiger partial charge < -0.3 is 10.4 Å². The Labute approximate surface area is 118 Å². The van der Waals surface area contributed by atoms with E-state index in [4.69, 9.17) is 5.11 Å². The summed E-state index contributed by atoms with van der Waals surface area (Å²) in [5.74, 6) is -1.01. The normalized spacial score (nSPS) is 14.3. The molecule has 1 fully saturated rings. The average Bonchev–Trinajstić information content (AvgIpc) is 3.21. The van der Waals surface area contributed by atoms with Crippen LogP contribution in [-0.2, 0) is 16.1 Å².